The number of halogens is 2. The zero-order valence-electron chi connectivity index (χ0n) is 10.3. The van der Waals surface area contributed by atoms with Crippen LogP contribution in [0.15, 0.2) is 6.20 Å². The molecule has 0 amide bonds. The van der Waals surface area contributed by atoms with Crippen LogP contribution in [-0.4, -0.2) is 22.2 Å². The maximum atomic E-state index is 13.2. The Bertz CT molecular complexity index is 402. The van der Waals surface area contributed by atoms with Gasteiger partial charge in [0.25, 0.3) is 0 Å². The number of alkyl halides is 2. The summed E-state index contributed by atoms with van der Waals surface area (Å²) in [7, 11) is 1.85. The third kappa shape index (κ3) is 2.20. The summed E-state index contributed by atoms with van der Waals surface area (Å²) >= 11 is 0. The van der Waals surface area contributed by atoms with Crippen molar-refractivity contribution in [3.05, 3.63) is 17.5 Å². The lowest BCUT2D eigenvalue weighted by Gasteiger charge is -2.38. The van der Waals surface area contributed by atoms with Crippen LogP contribution in [0, 0.1) is 6.92 Å². The lowest BCUT2D eigenvalue weighted by atomic mass is 9.70. The third-order valence-corrected chi connectivity index (χ3v) is 3.84. The van der Waals surface area contributed by atoms with Crippen LogP contribution in [0.4, 0.5) is 8.78 Å². The minimum atomic E-state index is -2.53. The van der Waals surface area contributed by atoms with Gasteiger partial charge in [-0.25, -0.2) is 8.78 Å². The number of hydrogen-bond donors (Lipinski definition) is 1. The molecule has 2 N–H and O–H groups in total. The molecule has 0 radical (unpaired) electrons. The van der Waals surface area contributed by atoms with Crippen molar-refractivity contribution in [2.45, 2.75) is 43.9 Å². The van der Waals surface area contributed by atoms with E-state index in [4.69, 9.17) is 5.73 Å². The van der Waals surface area contributed by atoms with Crippen LogP contribution < -0.4 is 5.73 Å². The molecule has 0 aromatic carbocycles. The van der Waals surface area contributed by atoms with Crippen LogP contribution >= 0.6 is 0 Å². The molecule has 3 nitrogen and oxygen atoms in total. The van der Waals surface area contributed by atoms with Crippen molar-refractivity contribution in [3.63, 3.8) is 0 Å². The van der Waals surface area contributed by atoms with E-state index >= 15 is 0 Å². The number of aromatic nitrogens is 2. The van der Waals surface area contributed by atoms with E-state index in [2.05, 4.69) is 5.10 Å². The molecule has 1 aromatic heterocycles. The van der Waals surface area contributed by atoms with Gasteiger partial charge in [-0.05, 0) is 25.3 Å². The highest BCUT2D eigenvalue weighted by atomic mass is 19.3. The van der Waals surface area contributed by atoms with Crippen LogP contribution in [0.5, 0.6) is 0 Å². The summed E-state index contributed by atoms with van der Waals surface area (Å²) in [6.07, 6.45) is 2.60. The lowest BCUT2D eigenvalue weighted by molar-refractivity contribution is -0.0515. The van der Waals surface area contributed by atoms with Gasteiger partial charge in [-0.1, -0.05) is 0 Å². The monoisotopic (exact) mass is 243 g/mol. The first-order valence-electron chi connectivity index (χ1n) is 5.97. The maximum absolute atomic E-state index is 13.2. The minimum absolute atomic E-state index is 0.0831. The van der Waals surface area contributed by atoms with Crippen molar-refractivity contribution in [1.29, 1.82) is 0 Å². The molecule has 2 rings (SSSR count). The Balaban J connectivity index is 2.30. The second kappa shape index (κ2) is 4.05. The van der Waals surface area contributed by atoms with Crippen LogP contribution in [0.2, 0.25) is 0 Å². The van der Waals surface area contributed by atoms with E-state index in [-0.39, 0.29) is 18.3 Å². The highest BCUT2D eigenvalue weighted by molar-refractivity contribution is 5.26. The van der Waals surface area contributed by atoms with Crippen LogP contribution in [0.1, 0.15) is 36.9 Å². The molecule has 96 valence electrons. The standard InChI is InChI=1S/C12H19F2N3/c1-9-7-17(2)16-10(9)11(8-15)3-5-12(13,14)6-4-11/h7H,3-6,8,15H2,1-2H3. The second-order valence-corrected chi connectivity index (χ2v) is 5.17. The summed E-state index contributed by atoms with van der Waals surface area (Å²) in [6.45, 7) is 2.35. The summed E-state index contributed by atoms with van der Waals surface area (Å²) in [4.78, 5) is 0. The summed E-state index contributed by atoms with van der Waals surface area (Å²) in [6, 6.07) is 0. The second-order valence-electron chi connectivity index (χ2n) is 5.17. The molecular formula is C12H19F2N3. The van der Waals surface area contributed by atoms with Crippen LogP contribution in [0.25, 0.3) is 0 Å². The first-order valence-corrected chi connectivity index (χ1v) is 5.97. The molecule has 0 unspecified atom stereocenters. The van der Waals surface area contributed by atoms with Gasteiger partial charge in [0.05, 0.1) is 5.69 Å². The first-order chi connectivity index (χ1) is 7.88. The van der Waals surface area contributed by atoms with E-state index in [0.717, 1.165) is 11.3 Å². The Labute approximate surface area is 100.0 Å². The Kier molecular flexibility index (Phi) is 2.97. The van der Waals surface area contributed by atoms with Gasteiger partial charge in [-0.15, -0.1) is 0 Å². The van der Waals surface area contributed by atoms with Crippen molar-refractivity contribution >= 4 is 0 Å². The summed E-state index contributed by atoms with van der Waals surface area (Å²) < 4.78 is 28.2. The van der Waals surface area contributed by atoms with Crippen molar-refractivity contribution in [2.24, 2.45) is 12.8 Å². The topological polar surface area (TPSA) is 43.8 Å². The summed E-state index contributed by atoms with van der Waals surface area (Å²) in [5.41, 5.74) is 7.43. The van der Waals surface area contributed by atoms with E-state index in [0.29, 0.717) is 19.4 Å². The molecule has 0 bridgehead atoms. The first kappa shape index (κ1) is 12.5. The molecule has 0 saturated heterocycles. The smallest absolute Gasteiger partial charge is 0.248 e. The van der Waals surface area contributed by atoms with Gasteiger partial charge < -0.3 is 5.73 Å². The quantitative estimate of drug-likeness (QED) is 0.864. The van der Waals surface area contributed by atoms with Crippen molar-refractivity contribution < 1.29 is 8.78 Å². The summed E-state index contributed by atoms with van der Waals surface area (Å²) in [5, 5.41) is 4.42. The molecule has 1 saturated carbocycles. The molecule has 5 heteroatoms. The number of nitrogens with zero attached hydrogens (tertiary/aromatic N) is 2. The molecule has 0 atom stereocenters. The normalized spacial score (nSPS) is 22.6. The SMILES string of the molecule is Cc1cn(C)nc1C1(CN)CCC(F)(F)CC1. The van der Waals surface area contributed by atoms with E-state index in [9.17, 15) is 8.78 Å². The Morgan fingerprint density at radius 1 is 1.35 bits per heavy atom. The highest BCUT2D eigenvalue weighted by Gasteiger charge is 2.45. The molecule has 1 aliphatic rings. The number of hydrogen-bond acceptors (Lipinski definition) is 2. The molecule has 0 aliphatic heterocycles. The fraction of sp³-hybridized carbons (Fsp3) is 0.750. The predicted molar refractivity (Wildman–Crippen MR) is 62.1 cm³/mol. The molecular weight excluding hydrogens is 224 g/mol. The van der Waals surface area contributed by atoms with Crippen molar-refractivity contribution in [1.82, 2.24) is 9.78 Å². The van der Waals surface area contributed by atoms with Gasteiger partial charge >= 0.3 is 0 Å². The van der Waals surface area contributed by atoms with Gasteiger partial charge in [-0.2, -0.15) is 5.10 Å². The maximum Gasteiger partial charge on any atom is 0.248 e. The molecule has 17 heavy (non-hydrogen) atoms. The van der Waals surface area contributed by atoms with Crippen LogP contribution in [-0.2, 0) is 12.5 Å². The van der Waals surface area contributed by atoms with Crippen molar-refractivity contribution in [2.75, 3.05) is 6.54 Å². The van der Waals surface area contributed by atoms with E-state index < -0.39 is 5.92 Å². The summed E-state index contributed by atoms with van der Waals surface area (Å²) in [5.74, 6) is -2.53. The van der Waals surface area contributed by atoms with E-state index in [1.165, 1.54) is 0 Å². The molecule has 1 heterocycles. The minimum Gasteiger partial charge on any atom is -0.330 e. The lowest BCUT2D eigenvalue weighted by Crippen LogP contribution is -2.42. The molecule has 1 aromatic rings. The third-order valence-electron chi connectivity index (χ3n) is 3.84. The van der Waals surface area contributed by atoms with Crippen LogP contribution in [0.3, 0.4) is 0 Å². The Morgan fingerprint density at radius 2 is 1.94 bits per heavy atom. The average molecular weight is 243 g/mol. The molecule has 1 aliphatic carbocycles. The molecule has 1 fully saturated rings. The fourth-order valence-corrected chi connectivity index (χ4v) is 2.76. The predicted octanol–water partition coefficient (Wildman–Crippen LogP) is 2.13. The number of nitrogens with two attached hydrogens (primary N) is 1. The fourth-order valence-electron chi connectivity index (χ4n) is 2.76. The van der Waals surface area contributed by atoms with Crippen molar-refractivity contribution in [3.8, 4) is 0 Å². The van der Waals surface area contributed by atoms with E-state index in [1.54, 1.807) is 4.68 Å². The highest BCUT2D eigenvalue weighted by Crippen LogP contribution is 2.45. The number of rotatable bonds is 2. The average Bonchev–Trinajstić information content (AvgIpc) is 2.60. The zero-order chi connectivity index (χ0) is 12.7. The van der Waals surface area contributed by atoms with Gasteiger partial charge in [0, 0.05) is 38.0 Å². The van der Waals surface area contributed by atoms with Gasteiger partial charge in [-0.3, -0.25) is 4.68 Å². The van der Waals surface area contributed by atoms with Gasteiger partial charge in [0.1, 0.15) is 0 Å². The van der Waals surface area contributed by atoms with Gasteiger partial charge in [0.15, 0.2) is 0 Å². The van der Waals surface area contributed by atoms with Gasteiger partial charge in [0.2, 0.25) is 5.92 Å². The zero-order valence-corrected chi connectivity index (χ0v) is 10.3. The van der Waals surface area contributed by atoms with E-state index in [1.807, 2.05) is 20.2 Å². The largest absolute Gasteiger partial charge is 0.330 e. The Hall–Kier alpha value is -0.970. The number of aryl methyl sites for hydroxylation is 2. The molecule has 0 spiro atoms. The Morgan fingerprint density at radius 3 is 2.35 bits per heavy atom.